The number of nitrogens with zero attached hydrogens (tertiary/aromatic N) is 2. The van der Waals surface area contributed by atoms with Gasteiger partial charge < -0.3 is 20.1 Å². The van der Waals surface area contributed by atoms with Crippen LogP contribution >= 0.6 is 0 Å². The first kappa shape index (κ1) is 22.0. The normalized spacial score (nSPS) is 11.1. The molecule has 0 unspecified atom stereocenters. The quantitative estimate of drug-likeness (QED) is 0.208. The first-order valence-electron chi connectivity index (χ1n) is 9.53. The second-order valence-electron chi connectivity index (χ2n) is 6.41. The molecule has 2 aromatic carbocycles. The van der Waals surface area contributed by atoms with Gasteiger partial charge in [-0.2, -0.15) is 0 Å². The molecule has 2 aromatic rings. The van der Waals surface area contributed by atoms with Crippen LogP contribution in [0.4, 0.5) is 5.69 Å². The fourth-order valence-corrected chi connectivity index (χ4v) is 2.63. The standard InChI is InChI=1S/C21H28N4O4/c1-4-5-12-22-21(23-14-16-6-9-18(10-7-16)25(26)27)24-15-17-8-11-19(28-2)20(13-17)29-3/h6-11,13H,4-5,12,14-15H2,1-3H3,(H2,22,23,24). The number of nitro groups is 1. The Balaban J connectivity index is 2.05. The number of benzene rings is 2. The number of nitro benzene ring substituents is 1. The molecule has 0 aliphatic rings. The molecule has 8 heteroatoms. The third-order valence-electron chi connectivity index (χ3n) is 4.30. The van der Waals surface area contributed by atoms with Gasteiger partial charge in [0.05, 0.1) is 25.7 Å². The highest BCUT2D eigenvalue weighted by Gasteiger charge is 2.06. The Morgan fingerprint density at radius 2 is 1.72 bits per heavy atom. The van der Waals surface area contributed by atoms with Crippen molar-refractivity contribution < 1.29 is 14.4 Å². The van der Waals surface area contributed by atoms with E-state index in [1.54, 1.807) is 26.4 Å². The second kappa shape index (κ2) is 11.5. The highest BCUT2D eigenvalue weighted by Crippen LogP contribution is 2.27. The molecule has 0 saturated heterocycles. The van der Waals surface area contributed by atoms with Crippen LogP contribution in [-0.4, -0.2) is 31.6 Å². The Hall–Kier alpha value is -3.29. The number of nitrogens with one attached hydrogen (secondary N) is 2. The van der Waals surface area contributed by atoms with Gasteiger partial charge in [-0.05, 0) is 29.7 Å². The van der Waals surface area contributed by atoms with Crippen molar-refractivity contribution in [2.75, 3.05) is 20.8 Å². The molecule has 0 bridgehead atoms. The van der Waals surface area contributed by atoms with Gasteiger partial charge >= 0.3 is 0 Å². The Bertz CT molecular complexity index is 822. The summed E-state index contributed by atoms with van der Waals surface area (Å²) in [5.41, 5.74) is 2.01. The van der Waals surface area contributed by atoms with Crippen molar-refractivity contribution >= 4 is 11.6 Å². The molecule has 0 aliphatic heterocycles. The van der Waals surface area contributed by atoms with Crippen molar-refractivity contribution in [3.8, 4) is 11.5 Å². The van der Waals surface area contributed by atoms with E-state index < -0.39 is 4.92 Å². The molecule has 0 aromatic heterocycles. The lowest BCUT2D eigenvalue weighted by Gasteiger charge is -2.13. The zero-order valence-corrected chi connectivity index (χ0v) is 17.1. The number of hydrogen-bond donors (Lipinski definition) is 2. The topological polar surface area (TPSA) is 98.0 Å². The molecule has 2 N–H and O–H groups in total. The largest absolute Gasteiger partial charge is 0.493 e. The second-order valence-corrected chi connectivity index (χ2v) is 6.41. The Morgan fingerprint density at radius 1 is 1.03 bits per heavy atom. The Morgan fingerprint density at radius 3 is 2.34 bits per heavy atom. The van der Waals surface area contributed by atoms with Gasteiger partial charge in [-0.1, -0.05) is 31.5 Å². The minimum atomic E-state index is -0.403. The molecule has 2 rings (SSSR count). The third-order valence-corrected chi connectivity index (χ3v) is 4.30. The molecule has 0 amide bonds. The van der Waals surface area contributed by atoms with Crippen LogP contribution in [0.1, 0.15) is 30.9 Å². The average Bonchev–Trinajstić information content (AvgIpc) is 2.75. The van der Waals surface area contributed by atoms with Crippen LogP contribution < -0.4 is 20.1 Å². The molecule has 0 spiro atoms. The summed E-state index contributed by atoms with van der Waals surface area (Å²) < 4.78 is 10.6. The molecule has 0 saturated carbocycles. The monoisotopic (exact) mass is 400 g/mol. The lowest BCUT2D eigenvalue weighted by atomic mass is 10.2. The minimum absolute atomic E-state index is 0.0807. The van der Waals surface area contributed by atoms with Gasteiger partial charge in [0.25, 0.3) is 5.69 Å². The van der Waals surface area contributed by atoms with Gasteiger partial charge in [-0.15, -0.1) is 0 Å². The molecule has 0 atom stereocenters. The van der Waals surface area contributed by atoms with E-state index in [0.717, 1.165) is 30.5 Å². The van der Waals surface area contributed by atoms with Gasteiger partial charge in [0.2, 0.25) is 0 Å². The smallest absolute Gasteiger partial charge is 0.269 e. The summed E-state index contributed by atoms with van der Waals surface area (Å²) in [6, 6.07) is 12.2. The summed E-state index contributed by atoms with van der Waals surface area (Å²) in [6.07, 6.45) is 2.12. The van der Waals surface area contributed by atoms with E-state index >= 15 is 0 Å². The predicted octanol–water partition coefficient (Wildman–Crippen LogP) is 3.65. The zero-order chi connectivity index (χ0) is 21.1. The molecule has 0 aliphatic carbocycles. The molecule has 0 radical (unpaired) electrons. The van der Waals surface area contributed by atoms with Crippen LogP contribution in [0.2, 0.25) is 0 Å². The molecule has 8 nitrogen and oxygen atoms in total. The third kappa shape index (κ3) is 6.99. The van der Waals surface area contributed by atoms with Crippen LogP contribution in [0.15, 0.2) is 47.5 Å². The van der Waals surface area contributed by atoms with Crippen molar-refractivity contribution in [1.82, 2.24) is 10.6 Å². The van der Waals surface area contributed by atoms with E-state index in [2.05, 4.69) is 22.5 Å². The van der Waals surface area contributed by atoms with Crippen molar-refractivity contribution in [3.63, 3.8) is 0 Å². The van der Waals surface area contributed by atoms with Crippen molar-refractivity contribution in [2.45, 2.75) is 32.9 Å². The van der Waals surface area contributed by atoms with Gasteiger partial charge in [-0.25, -0.2) is 4.99 Å². The summed E-state index contributed by atoms with van der Waals surface area (Å²) in [7, 11) is 3.21. The van der Waals surface area contributed by atoms with Gasteiger partial charge in [0.1, 0.15) is 0 Å². The highest BCUT2D eigenvalue weighted by molar-refractivity contribution is 5.79. The summed E-state index contributed by atoms with van der Waals surface area (Å²) >= 11 is 0. The van der Waals surface area contributed by atoms with Crippen molar-refractivity contribution in [1.29, 1.82) is 0 Å². The van der Waals surface area contributed by atoms with E-state index in [1.807, 2.05) is 18.2 Å². The molecule has 0 fully saturated rings. The fourth-order valence-electron chi connectivity index (χ4n) is 2.63. The van der Waals surface area contributed by atoms with Gasteiger partial charge in [0.15, 0.2) is 17.5 Å². The van der Waals surface area contributed by atoms with Crippen LogP contribution in [-0.2, 0) is 13.1 Å². The Kier molecular flexibility index (Phi) is 8.75. The maximum atomic E-state index is 10.8. The van der Waals surface area contributed by atoms with E-state index in [1.165, 1.54) is 12.1 Å². The maximum Gasteiger partial charge on any atom is 0.269 e. The van der Waals surface area contributed by atoms with Crippen LogP contribution in [0.5, 0.6) is 11.5 Å². The molecule has 156 valence electrons. The van der Waals surface area contributed by atoms with E-state index in [0.29, 0.717) is 30.5 Å². The number of methoxy groups -OCH3 is 2. The first-order valence-corrected chi connectivity index (χ1v) is 9.53. The van der Waals surface area contributed by atoms with E-state index in [4.69, 9.17) is 9.47 Å². The zero-order valence-electron chi connectivity index (χ0n) is 17.1. The molecule has 0 heterocycles. The van der Waals surface area contributed by atoms with Crippen LogP contribution in [0.3, 0.4) is 0 Å². The summed E-state index contributed by atoms with van der Waals surface area (Å²) in [6.45, 7) is 3.94. The predicted molar refractivity (Wildman–Crippen MR) is 114 cm³/mol. The fraction of sp³-hybridized carbons (Fsp3) is 0.381. The molecular weight excluding hydrogens is 372 g/mol. The summed E-state index contributed by atoms with van der Waals surface area (Å²) in [4.78, 5) is 15.0. The SMILES string of the molecule is CCCCNC(=NCc1ccc(OC)c(OC)c1)NCc1ccc([N+](=O)[O-])cc1. The number of unbranched alkanes of at least 4 members (excludes halogenated alkanes) is 1. The molecular formula is C21H28N4O4. The van der Waals surface area contributed by atoms with Gasteiger partial charge in [0, 0.05) is 25.2 Å². The lowest BCUT2D eigenvalue weighted by molar-refractivity contribution is -0.384. The van der Waals surface area contributed by atoms with Crippen molar-refractivity contribution in [2.24, 2.45) is 4.99 Å². The minimum Gasteiger partial charge on any atom is -0.493 e. The number of hydrogen-bond acceptors (Lipinski definition) is 5. The van der Waals surface area contributed by atoms with E-state index in [-0.39, 0.29) is 5.69 Å². The maximum absolute atomic E-state index is 10.8. The van der Waals surface area contributed by atoms with Gasteiger partial charge in [-0.3, -0.25) is 10.1 Å². The number of ether oxygens (including phenoxy) is 2. The van der Waals surface area contributed by atoms with Crippen LogP contribution in [0.25, 0.3) is 0 Å². The summed E-state index contributed by atoms with van der Waals surface area (Å²) in [5.74, 6) is 2.03. The number of non-ortho nitro benzene ring substituents is 1. The van der Waals surface area contributed by atoms with E-state index in [9.17, 15) is 10.1 Å². The number of guanidine groups is 1. The van der Waals surface area contributed by atoms with Crippen LogP contribution in [0, 0.1) is 10.1 Å². The Labute approximate surface area is 171 Å². The average molecular weight is 400 g/mol. The highest BCUT2D eigenvalue weighted by atomic mass is 16.6. The lowest BCUT2D eigenvalue weighted by Crippen LogP contribution is -2.37. The number of rotatable bonds is 10. The van der Waals surface area contributed by atoms with Crippen molar-refractivity contribution in [3.05, 3.63) is 63.7 Å². The first-order chi connectivity index (χ1) is 14.1. The summed E-state index contributed by atoms with van der Waals surface area (Å²) in [5, 5.41) is 17.4. The molecule has 29 heavy (non-hydrogen) atoms. The number of aliphatic imine (C=N–C) groups is 1.